The Hall–Kier alpha value is -2.71. The van der Waals surface area contributed by atoms with E-state index in [-0.39, 0.29) is 16.7 Å². The highest BCUT2D eigenvalue weighted by molar-refractivity contribution is 6.29. The van der Waals surface area contributed by atoms with Crippen LogP contribution in [0.4, 0.5) is 17.2 Å². The fourth-order valence-corrected chi connectivity index (χ4v) is 5.24. The molecule has 0 spiro atoms. The van der Waals surface area contributed by atoms with Crippen molar-refractivity contribution >= 4 is 34.7 Å². The summed E-state index contributed by atoms with van der Waals surface area (Å²) in [6, 6.07) is 9.40. The number of carbonyl (C=O) groups is 1. The lowest BCUT2D eigenvalue weighted by atomic mass is 9.87. The Morgan fingerprint density at radius 1 is 1.12 bits per heavy atom. The van der Waals surface area contributed by atoms with Gasteiger partial charge in [0.2, 0.25) is 0 Å². The maximum absolute atomic E-state index is 13.0. The van der Waals surface area contributed by atoms with Crippen LogP contribution in [-0.2, 0) is 0 Å². The first-order valence-corrected chi connectivity index (χ1v) is 12.6. The number of amides is 1. The van der Waals surface area contributed by atoms with Crippen LogP contribution >= 0.6 is 11.6 Å². The molecule has 2 aliphatic rings. The highest BCUT2D eigenvalue weighted by atomic mass is 35.5. The molecule has 0 aliphatic carbocycles. The molecule has 1 aromatic carbocycles. The number of nitro groups is 1. The average molecular weight is 486 g/mol. The van der Waals surface area contributed by atoms with Gasteiger partial charge in [0.15, 0.2) is 0 Å². The van der Waals surface area contributed by atoms with Gasteiger partial charge in [-0.05, 0) is 68.8 Å². The van der Waals surface area contributed by atoms with E-state index in [1.165, 1.54) is 50.3 Å². The number of non-ortho nitro benzene ring substituents is 1. The van der Waals surface area contributed by atoms with E-state index in [9.17, 15) is 14.9 Å². The molecule has 1 aromatic heterocycles. The number of carbonyl (C=O) groups excluding carboxylic acids is 1. The third-order valence-electron chi connectivity index (χ3n) is 7.03. The summed E-state index contributed by atoms with van der Waals surface area (Å²) >= 11 is 5.93. The molecule has 0 atom stereocenters. The van der Waals surface area contributed by atoms with Crippen LogP contribution in [0.1, 0.15) is 55.3 Å². The Balaban J connectivity index is 1.39. The van der Waals surface area contributed by atoms with Crippen LogP contribution in [0.2, 0.25) is 5.15 Å². The number of nitrogens with zero attached hydrogens (tertiary/aromatic N) is 3. The van der Waals surface area contributed by atoms with Gasteiger partial charge in [-0.15, -0.1) is 0 Å². The van der Waals surface area contributed by atoms with E-state index in [2.05, 4.69) is 20.5 Å². The summed E-state index contributed by atoms with van der Waals surface area (Å²) in [7, 11) is 0. The minimum atomic E-state index is -0.419. The fraction of sp³-hybridized carbons (Fsp3) is 0.520. The molecule has 2 N–H and O–H groups in total. The number of pyridine rings is 1. The number of piperidine rings is 2. The first-order chi connectivity index (χ1) is 16.5. The van der Waals surface area contributed by atoms with Crippen LogP contribution in [0, 0.1) is 22.0 Å². The van der Waals surface area contributed by atoms with Gasteiger partial charge < -0.3 is 15.5 Å². The molecule has 2 fully saturated rings. The number of halogens is 1. The Morgan fingerprint density at radius 3 is 2.50 bits per heavy atom. The van der Waals surface area contributed by atoms with Crippen molar-refractivity contribution in [3.63, 3.8) is 0 Å². The van der Waals surface area contributed by atoms with Crippen LogP contribution in [-0.4, -0.2) is 42.0 Å². The van der Waals surface area contributed by atoms with Crippen molar-refractivity contribution in [1.82, 2.24) is 10.3 Å². The first-order valence-electron chi connectivity index (χ1n) is 12.2. The third kappa shape index (κ3) is 6.45. The van der Waals surface area contributed by atoms with Crippen molar-refractivity contribution in [2.75, 3.05) is 36.4 Å². The molecule has 0 saturated carbocycles. The van der Waals surface area contributed by atoms with Crippen LogP contribution in [0.5, 0.6) is 0 Å². The van der Waals surface area contributed by atoms with Crippen LogP contribution in [0.15, 0.2) is 36.4 Å². The number of anilines is 2. The lowest BCUT2D eigenvalue weighted by Gasteiger charge is -2.34. The molecule has 9 heteroatoms. The number of nitro benzene ring substituents is 1. The molecule has 0 unspecified atom stereocenters. The summed E-state index contributed by atoms with van der Waals surface area (Å²) in [6.07, 6.45) is 8.47. The van der Waals surface area contributed by atoms with E-state index in [0.717, 1.165) is 44.9 Å². The maximum Gasteiger partial charge on any atom is 0.271 e. The summed E-state index contributed by atoms with van der Waals surface area (Å²) in [4.78, 5) is 30.2. The zero-order valence-corrected chi connectivity index (χ0v) is 20.1. The van der Waals surface area contributed by atoms with Gasteiger partial charge in [-0.3, -0.25) is 14.9 Å². The molecule has 3 heterocycles. The predicted octanol–water partition coefficient (Wildman–Crippen LogP) is 5.28. The highest BCUT2D eigenvalue weighted by Crippen LogP contribution is 2.32. The number of hydrogen-bond donors (Lipinski definition) is 2. The Labute approximate surface area is 205 Å². The predicted molar refractivity (Wildman–Crippen MR) is 135 cm³/mol. The smallest absolute Gasteiger partial charge is 0.271 e. The molecular formula is C25H32ClN5O3. The van der Waals surface area contributed by atoms with Crippen molar-refractivity contribution in [1.29, 1.82) is 0 Å². The molecule has 182 valence electrons. The molecule has 4 rings (SSSR count). The summed E-state index contributed by atoms with van der Waals surface area (Å²) in [5.41, 5.74) is 0.982. The molecule has 34 heavy (non-hydrogen) atoms. The fourth-order valence-electron chi connectivity index (χ4n) is 5.08. The molecule has 8 nitrogen and oxygen atoms in total. The van der Waals surface area contributed by atoms with E-state index in [4.69, 9.17) is 11.6 Å². The molecule has 2 aromatic rings. The summed E-state index contributed by atoms with van der Waals surface area (Å²) in [6.45, 7) is 3.87. The van der Waals surface area contributed by atoms with Crippen molar-refractivity contribution in [3.8, 4) is 0 Å². The second kappa shape index (κ2) is 11.6. The summed E-state index contributed by atoms with van der Waals surface area (Å²) in [5.74, 6) is 1.52. The molecule has 2 aliphatic heterocycles. The Kier molecular flexibility index (Phi) is 8.34. The molecule has 0 bridgehead atoms. The summed E-state index contributed by atoms with van der Waals surface area (Å²) < 4.78 is 0. The van der Waals surface area contributed by atoms with Crippen molar-refractivity contribution in [2.24, 2.45) is 11.8 Å². The highest BCUT2D eigenvalue weighted by Gasteiger charge is 2.25. The number of rotatable bonds is 8. The SMILES string of the molecule is O=C(Nc1cccc(Cl)n1)c1ccc([N+](=O)[O-])cc1N1CCC(CCCC2CCNCC2)CC1. The summed E-state index contributed by atoms with van der Waals surface area (Å²) in [5, 5.41) is 17.9. The Bertz CT molecular complexity index is 1000. The van der Waals surface area contributed by atoms with Gasteiger partial charge in [-0.1, -0.05) is 36.9 Å². The first kappa shape index (κ1) is 24.4. The minimum absolute atomic E-state index is 0.0171. The van der Waals surface area contributed by atoms with Gasteiger partial charge in [0.1, 0.15) is 11.0 Å². The third-order valence-corrected chi connectivity index (χ3v) is 7.24. The lowest BCUT2D eigenvalue weighted by Crippen LogP contribution is -2.35. The topological polar surface area (TPSA) is 100 Å². The second-order valence-electron chi connectivity index (χ2n) is 9.31. The zero-order chi connectivity index (χ0) is 23.9. The van der Waals surface area contributed by atoms with Gasteiger partial charge >= 0.3 is 0 Å². The quantitative estimate of drug-likeness (QED) is 0.299. The van der Waals surface area contributed by atoms with Gasteiger partial charge in [0.25, 0.3) is 11.6 Å². The van der Waals surface area contributed by atoms with Crippen molar-refractivity contribution < 1.29 is 9.72 Å². The molecular weight excluding hydrogens is 454 g/mol. The minimum Gasteiger partial charge on any atom is -0.371 e. The molecule has 0 radical (unpaired) electrons. The molecule has 1 amide bonds. The van der Waals surface area contributed by atoms with E-state index in [1.807, 2.05) is 0 Å². The largest absolute Gasteiger partial charge is 0.371 e. The Morgan fingerprint density at radius 2 is 1.82 bits per heavy atom. The van der Waals surface area contributed by atoms with Gasteiger partial charge in [0, 0.05) is 25.2 Å². The monoisotopic (exact) mass is 485 g/mol. The zero-order valence-electron chi connectivity index (χ0n) is 19.3. The van der Waals surface area contributed by atoms with Crippen LogP contribution in [0.3, 0.4) is 0 Å². The number of nitrogens with one attached hydrogen (secondary N) is 2. The van der Waals surface area contributed by atoms with E-state index in [1.54, 1.807) is 18.2 Å². The average Bonchev–Trinajstić information content (AvgIpc) is 2.85. The lowest BCUT2D eigenvalue weighted by molar-refractivity contribution is -0.384. The maximum atomic E-state index is 13.0. The van der Waals surface area contributed by atoms with Gasteiger partial charge in [0.05, 0.1) is 16.2 Å². The molecule has 2 saturated heterocycles. The normalized spacial score (nSPS) is 17.5. The standard InChI is InChI=1S/C25H32ClN5O3/c26-23-5-2-6-24(28-23)29-25(32)21-8-7-20(31(33)34)17-22(21)30-15-11-19(12-16-30)4-1-3-18-9-13-27-14-10-18/h2,5-8,17-19,27H,1,3-4,9-16H2,(H,28,29,32). The van der Waals surface area contributed by atoms with Crippen molar-refractivity contribution in [3.05, 3.63) is 57.2 Å². The number of benzene rings is 1. The van der Waals surface area contributed by atoms with Gasteiger partial charge in [-0.25, -0.2) is 4.98 Å². The van der Waals surface area contributed by atoms with E-state index >= 15 is 0 Å². The van der Waals surface area contributed by atoms with Crippen LogP contribution in [0.25, 0.3) is 0 Å². The van der Waals surface area contributed by atoms with Crippen LogP contribution < -0.4 is 15.5 Å². The van der Waals surface area contributed by atoms with E-state index in [0.29, 0.717) is 23.0 Å². The van der Waals surface area contributed by atoms with Gasteiger partial charge in [-0.2, -0.15) is 0 Å². The van der Waals surface area contributed by atoms with E-state index < -0.39 is 4.92 Å². The number of aromatic nitrogens is 1. The second-order valence-corrected chi connectivity index (χ2v) is 9.70. The van der Waals surface area contributed by atoms with Crippen molar-refractivity contribution in [2.45, 2.75) is 44.9 Å². The number of hydrogen-bond acceptors (Lipinski definition) is 6.